The number of nitrogens with zero attached hydrogens (tertiary/aromatic N) is 9. The Hall–Kier alpha value is -4.75. The number of allylic oxidation sites excluding steroid dienone is 1. The van der Waals surface area contributed by atoms with Crippen molar-refractivity contribution in [2.24, 2.45) is 9.98 Å². The standard InChI is InChI=1S/C26H21N9/c1-17-3-8-27-9-4-19-14-29-11-6-23(19)34(17)25-31-18(2)32-26(33-25)35-21-5-10-28-15-20(13-21)22-16-30-12-7-24(22)35/h3,5-12,14-17H,4H2,1-2H3/b8-3-,27-9?. The topological polar surface area (TPSA) is 95.7 Å². The van der Waals surface area contributed by atoms with E-state index in [1.165, 1.54) is 0 Å². The van der Waals surface area contributed by atoms with Gasteiger partial charge in [0.05, 0.1) is 23.1 Å². The van der Waals surface area contributed by atoms with Crippen molar-refractivity contribution < 1.29 is 0 Å². The zero-order valence-corrected chi connectivity index (χ0v) is 19.2. The Kier molecular flexibility index (Phi) is 5.09. The Balaban J connectivity index is 1.54. The van der Waals surface area contributed by atoms with E-state index in [1.54, 1.807) is 24.8 Å². The molecule has 0 saturated carbocycles. The summed E-state index contributed by atoms with van der Waals surface area (Å²) < 4.78 is 0. The van der Waals surface area contributed by atoms with Gasteiger partial charge in [0.1, 0.15) is 5.82 Å². The van der Waals surface area contributed by atoms with Gasteiger partial charge >= 0.3 is 0 Å². The Morgan fingerprint density at radius 1 is 0.943 bits per heavy atom. The van der Waals surface area contributed by atoms with Crippen LogP contribution in [0.15, 0.2) is 82.9 Å². The first kappa shape index (κ1) is 20.8. The molecule has 6 heterocycles. The zero-order valence-electron chi connectivity index (χ0n) is 19.2. The molecule has 6 rings (SSSR count). The fourth-order valence-corrected chi connectivity index (χ4v) is 4.30. The average Bonchev–Trinajstić information content (AvgIpc) is 3.03. The molecule has 0 amide bonds. The SMILES string of the molecule is Cc1nc(N2C3=C=C(C=NC=C3)c3cnccc32)nc(N2c3ccncc3CC=N/C=C\C2C)n1. The van der Waals surface area contributed by atoms with Gasteiger partial charge in [-0.2, -0.15) is 15.0 Å². The van der Waals surface area contributed by atoms with Gasteiger partial charge in [0, 0.05) is 67.2 Å². The second kappa shape index (κ2) is 8.55. The van der Waals surface area contributed by atoms with Crippen LogP contribution in [-0.2, 0) is 6.42 Å². The van der Waals surface area contributed by atoms with E-state index in [1.807, 2.05) is 60.9 Å². The van der Waals surface area contributed by atoms with E-state index < -0.39 is 0 Å². The summed E-state index contributed by atoms with van der Waals surface area (Å²) in [5.41, 5.74) is 8.93. The molecule has 1 atom stereocenters. The summed E-state index contributed by atoms with van der Waals surface area (Å²) in [4.78, 5) is 35.9. The van der Waals surface area contributed by atoms with Crippen LogP contribution in [-0.4, -0.2) is 43.4 Å². The van der Waals surface area contributed by atoms with Crippen LogP contribution in [0.2, 0.25) is 0 Å². The lowest BCUT2D eigenvalue weighted by molar-refractivity contribution is 0.801. The molecule has 170 valence electrons. The number of fused-ring (bicyclic) bond motifs is 3. The van der Waals surface area contributed by atoms with E-state index in [0.717, 1.165) is 33.8 Å². The molecule has 0 aliphatic carbocycles. The third kappa shape index (κ3) is 3.74. The zero-order chi connectivity index (χ0) is 23.8. The van der Waals surface area contributed by atoms with Gasteiger partial charge in [-0.3, -0.25) is 24.9 Å². The first-order chi connectivity index (χ1) is 17.2. The molecule has 9 nitrogen and oxygen atoms in total. The lowest BCUT2D eigenvalue weighted by atomic mass is 10.0. The highest BCUT2D eigenvalue weighted by Crippen LogP contribution is 2.38. The largest absolute Gasteiger partial charge is 0.303 e. The number of pyridine rings is 2. The van der Waals surface area contributed by atoms with Crippen LogP contribution in [0.25, 0.3) is 5.57 Å². The van der Waals surface area contributed by atoms with E-state index in [4.69, 9.17) is 15.0 Å². The van der Waals surface area contributed by atoms with Crippen LogP contribution in [0.1, 0.15) is 23.9 Å². The highest BCUT2D eigenvalue weighted by molar-refractivity contribution is 6.13. The second-order valence-corrected chi connectivity index (χ2v) is 8.22. The third-order valence-corrected chi connectivity index (χ3v) is 5.91. The summed E-state index contributed by atoms with van der Waals surface area (Å²) in [5, 5.41) is 0. The molecular formula is C26H21N9. The predicted molar refractivity (Wildman–Crippen MR) is 136 cm³/mol. The summed E-state index contributed by atoms with van der Waals surface area (Å²) in [6.45, 7) is 3.96. The molecule has 0 fully saturated rings. The van der Waals surface area contributed by atoms with Gasteiger partial charge in [0.15, 0.2) is 0 Å². The predicted octanol–water partition coefficient (Wildman–Crippen LogP) is 4.25. The second-order valence-electron chi connectivity index (χ2n) is 8.22. The van der Waals surface area contributed by atoms with Crippen LogP contribution in [0.5, 0.6) is 0 Å². The van der Waals surface area contributed by atoms with Crippen LogP contribution >= 0.6 is 0 Å². The van der Waals surface area contributed by atoms with Crippen LogP contribution in [0.4, 0.5) is 23.3 Å². The van der Waals surface area contributed by atoms with Gasteiger partial charge in [-0.1, -0.05) is 5.73 Å². The molecule has 35 heavy (non-hydrogen) atoms. The number of aliphatic imine (C=N–C) groups is 2. The number of rotatable bonds is 2. The molecule has 3 aliphatic heterocycles. The molecule has 2 bridgehead atoms. The maximum Gasteiger partial charge on any atom is 0.240 e. The van der Waals surface area contributed by atoms with Gasteiger partial charge < -0.3 is 4.90 Å². The minimum atomic E-state index is -0.0595. The molecule has 0 radical (unpaired) electrons. The lowest BCUT2D eigenvalue weighted by Gasteiger charge is -2.31. The van der Waals surface area contributed by atoms with Crippen molar-refractivity contribution in [2.75, 3.05) is 9.80 Å². The normalized spacial score (nSPS) is 19.0. The van der Waals surface area contributed by atoms with Crippen molar-refractivity contribution in [3.8, 4) is 0 Å². The molecule has 3 aliphatic rings. The van der Waals surface area contributed by atoms with Gasteiger partial charge in [0.2, 0.25) is 11.9 Å². The van der Waals surface area contributed by atoms with Gasteiger partial charge in [0.25, 0.3) is 0 Å². The molecular weight excluding hydrogens is 438 g/mol. The summed E-state index contributed by atoms with van der Waals surface area (Å²) in [6.07, 6.45) is 19.0. The van der Waals surface area contributed by atoms with Crippen LogP contribution in [0, 0.1) is 6.92 Å². The quantitative estimate of drug-likeness (QED) is 0.529. The maximum absolute atomic E-state index is 4.98. The van der Waals surface area contributed by atoms with E-state index in [2.05, 4.69) is 37.5 Å². The van der Waals surface area contributed by atoms with Crippen molar-refractivity contribution in [3.05, 3.63) is 89.9 Å². The minimum Gasteiger partial charge on any atom is -0.303 e. The molecule has 3 aromatic heterocycles. The number of aromatic nitrogens is 5. The monoisotopic (exact) mass is 459 g/mol. The Morgan fingerprint density at radius 2 is 1.77 bits per heavy atom. The molecule has 0 saturated heterocycles. The lowest BCUT2D eigenvalue weighted by Crippen LogP contribution is -2.31. The summed E-state index contributed by atoms with van der Waals surface area (Å²) in [5.74, 6) is 1.64. The van der Waals surface area contributed by atoms with Gasteiger partial charge in [-0.25, -0.2) is 0 Å². The van der Waals surface area contributed by atoms with E-state index in [-0.39, 0.29) is 6.04 Å². The highest BCUT2D eigenvalue weighted by atomic mass is 15.4. The average molecular weight is 460 g/mol. The summed E-state index contributed by atoms with van der Waals surface area (Å²) in [6, 6.07) is 3.88. The molecule has 0 spiro atoms. The van der Waals surface area contributed by atoms with E-state index >= 15 is 0 Å². The van der Waals surface area contributed by atoms with Crippen molar-refractivity contribution in [1.29, 1.82) is 0 Å². The number of hydrogen-bond acceptors (Lipinski definition) is 9. The molecule has 3 aromatic rings. The Bertz CT molecular complexity index is 1510. The van der Waals surface area contributed by atoms with Crippen molar-refractivity contribution in [3.63, 3.8) is 0 Å². The fourth-order valence-electron chi connectivity index (χ4n) is 4.30. The highest BCUT2D eigenvalue weighted by Gasteiger charge is 2.28. The minimum absolute atomic E-state index is 0.0595. The molecule has 0 N–H and O–H groups in total. The number of anilines is 4. The molecule has 9 heteroatoms. The smallest absolute Gasteiger partial charge is 0.240 e. The van der Waals surface area contributed by atoms with Crippen LogP contribution in [0.3, 0.4) is 0 Å². The summed E-state index contributed by atoms with van der Waals surface area (Å²) >= 11 is 0. The number of hydrogen-bond donors (Lipinski definition) is 0. The maximum atomic E-state index is 4.98. The van der Waals surface area contributed by atoms with Gasteiger partial charge in [-0.15, -0.1) is 0 Å². The molecule has 1 unspecified atom stereocenters. The third-order valence-electron chi connectivity index (χ3n) is 5.91. The van der Waals surface area contributed by atoms with Crippen molar-refractivity contribution in [2.45, 2.75) is 26.3 Å². The first-order valence-corrected chi connectivity index (χ1v) is 11.3. The molecule has 0 aromatic carbocycles. The van der Waals surface area contributed by atoms with E-state index in [9.17, 15) is 0 Å². The fraction of sp³-hybridized carbons (Fsp3) is 0.154. The summed E-state index contributed by atoms with van der Waals surface area (Å²) in [7, 11) is 0. The van der Waals surface area contributed by atoms with Crippen LogP contribution < -0.4 is 9.80 Å². The van der Waals surface area contributed by atoms with Gasteiger partial charge in [-0.05, 0) is 43.7 Å². The Labute approximate surface area is 202 Å². The van der Waals surface area contributed by atoms with E-state index in [0.29, 0.717) is 24.1 Å². The number of aryl methyl sites for hydroxylation is 1. The van der Waals surface area contributed by atoms with Crippen molar-refractivity contribution in [1.82, 2.24) is 24.9 Å². The Morgan fingerprint density at radius 3 is 2.69 bits per heavy atom. The first-order valence-electron chi connectivity index (χ1n) is 11.3. The van der Waals surface area contributed by atoms with Crippen molar-refractivity contribution >= 4 is 41.3 Å².